The van der Waals surface area contributed by atoms with Gasteiger partial charge in [0.1, 0.15) is 0 Å². The molecule has 1 aromatic rings. The van der Waals surface area contributed by atoms with Gasteiger partial charge in [0, 0.05) is 18.7 Å². The SMILES string of the molecule is CCOC(=O)C1C(=O)N(CCN)C(=O)c2cc3c(cc21)OCO3. The van der Waals surface area contributed by atoms with Crippen LogP contribution in [-0.2, 0) is 14.3 Å². The van der Waals surface area contributed by atoms with E-state index in [-0.39, 0.29) is 37.6 Å². The third-order valence-electron chi connectivity index (χ3n) is 3.72. The fourth-order valence-corrected chi connectivity index (χ4v) is 2.71. The number of imide groups is 1. The Morgan fingerprint density at radius 2 is 2.04 bits per heavy atom. The molecule has 0 radical (unpaired) electrons. The molecule has 1 aromatic carbocycles. The van der Waals surface area contributed by atoms with E-state index >= 15 is 0 Å². The summed E-state index contributed by atoms with van der Waals surface area (Å²) in [6.07, 6.45) is 0. The lowest BCUT2D eigenvalue weighted by atomic mass is 9.88. The molecule has 1 atom stereocenters. The Labute approximate surface area is 132 Å². The summed E-state index contributed by atoms with van der Waals surface area (Å²) in [7, 11) is 0. The topological polar surface area (TPSA) is 108 Å². The lowest BCUT2D eigenvalue weighted by molar-refractivity contribution is -0.150. The first-order chi connectivity index (χ1) is 11.1. The van der Waals surface area contributed by atoms with Gasteiger partial charge in [0.25, 0.3) is 5.91 Å². The number of benzene rings is 1. The summed E-state index contributed by atoms with van der Waals surface area (Å²) in [6, 6.07) is 2.98. The number of amides is 2. The molecular weight excluding hydrogens is 304 g/mol. The maximum absolute atomic E-state index is 12.6. The molecule has 122 valence electrons. The molecule has 1 unspecified atom stereocenters. The highest BCUT2D eigenvalue weighted by Crippen LogP contribution is 2.40. The van der Waals surface area contributed by atoms with Gasteiger partial charge in [0.15, 0.2) is 17.4 Å². The van der Waals surface area contributed by atoms with Crippen LogP contribution in [0.15, 0.2) is 12.1 Å². The first-order valence-electron chi connectivity index (χ1n) is 7.24. The lowest BCUT2D eigenvalue weighted by Crippen LogP contribution is -2.49. The first kappa shape index (κ1) is 15.3. The maximum Gasteiger partial charge on any atom is 0.323 e. The van der Waals surface area contributed by atoms with Gasteiger partial charge in [-0.3, -0.25) is 19.3 Å². The fraction of sp³-hybridized carbons (Fsp3) is 0.400. The summed E-state index contributed by atoms with van der Waals surface area (Å²) in [5.74, 6) is -2.25. The van der Waals surface area contributed by atoms with E-state index in [1.54, 1.807) is 6.92 Å². The molecule has 2 amide bonds. The van der Waals surface area contributed by atoms with Gasteiger partial charge in [-0.2, -0.15) is 0 Å². The van der Waals surface area contributed by atoms with Crippen LogP contribution in [0, 0.1) is 0 Å². The molecule has 0 saturated heterocycles. The largest absolute Gasteiger partial charge is 0.465 e. The Morgan fingerprint density at radius 3 is 2.70 bits per heavy atom. The van der Waals surface area contributed by atoms with Crippen molar-refractivity contribution in [2.24, 2.45) is 5.73 Å². The second-order valence-electron chi connectivity index (χ2n) is 5.06. The normalized spacial score (nSPS) is 18.9. The summed E-state index contributed by atoms with van der Waals surface area (Å²) in [5.41, 5.74) is 5.96. The van der Waals surface area contributed by atoms with E-state index in [2.05, 4.69) is 0 Å². The van der Waals surface area contributed by atoms with Crippen LogP contribution in [0.1, 0.15) is 28.8 Å². The summed E-state index contributed by atoms with van der Waals surface area (Å²) in [6.45, 7) is 1.94. The number of carbonyl (C=O) groups excluding carboxylic acids is 3. The van der Waals surface area contributed by atoms with Gasteiger partial charge in [-0.15, -0.1) is 0 Å². The van der Waals surface area contributed by atoms with Crippen molar-refractivity contribution >= 4 is 17.8 Å². The summed E-state index contributed by atoms with van der Waals surface area (Å²) in [4.78, 5) is 38.3. The lowest BCUT2D eigenvalue weighted by Gasteiger charge is -2.31. The average Bonchev–Trinajstić information content (AvgIpc) is 2.98. The van der Waals surface area contributed by atoms with Gasteiger partial charge in [-0.1, -0.05) is 0 Å². The Bertz CT molecular complexity index is 687. The zero-order valence-corrected chi connectivity index (χ0v) is 12.5. The monoisotopic (exact) mass is 320 g/mol. The van der Waals surface area contributed by atoms with Crippen LogP contribution in [-0.4, -0.2) is 49.2 Å². The molecule has 0 aliphatic carbocycles. The second kappa shape index (κ2) is 5.88. The van der Waals surface area contributed by atoms with Crippen LogP contribution in [0.3, 0.4) is 0 Å². The minimum atomic E-state index is -1.20. The Morgan fingerprint density at radius 1 is 1.35 bits per heavy atom. The third-order valence-corrected chi connectivity index (χ3v) is 3.72. The summed E-state index contributed by atoms with van der Waals surface area (Å²) in [5, 5.41) is 0. The van der Waals surface area contributed by atoms with Crippen molar-refractivity contribution in [2.75, 3.05) is 26.5 Å². The van der Waals surface area contributed by atoms with E-state index in [1.165, 1.54) is 12.1 Å². The smallest absolute Gasteiger partial charge is 0.323 e. The fourth-order valence-electron chi connectivity index (χ4n) is 2.71. The van der Waals surface area contributed by atoms with Crippen LogP contribution >= 0.6 is 0 Å². The number of rotatable bonds is 4. The van der Waals surface area contributed by atoms with Crippen LogP contribution in [0.4, 0.5) is 0 Å². The van der Waals surface area contributed by atoms with E-state index in [4.69, 9.17) is 19.9 Å². The minimum Gasteiger partial charge on any atom is -0.465 e. The molecule has 2 N–H and O–H groups in total. The Kier molecular flexibility index (Phi) is 3.91. The number of nitrogens with two attached hydrogens (primary N) is 1. The second-order valence-corrected chi connectivity index (χ2v) is 5.06. The van der Waals surface area contributed by atoms with Crippen molar-refractivity contribution in [1.29, 1.82) is 0 Å². The van der Waals surface area contributed by atoms with Gasteiger partial charge >= 0.3 is 5.97 Å². The number of nitrogens with zero attached hydrogens (tertiary/aromatic N) is 1. The van der Waals surface area contributed by atoms with E-state index in [9.17, 15) is 14.4 Å². The predicted molar refractivity (Wildman–Crippen MR) is 77.0 cm³/mol. The number of ether oxygens (including phenoxy) is 3. The minimum absolute atomic E-state index is 0.0248. The quantitative estimate of drug-likeness (QED) is 0.472. The van der Waals surface area contributed by atoms with E-state index in [1.807, 2.05) is 0 Å². The van der Waals surface area contributed by atoms with Crippen molar-refractivity contribution in [3.63, 3.8) is 0 Å². The van der Waals surface area contributed by atoms with E-state index in [0.29, 0.717) is 11.5 Å². The highest BCUT2D eigenvalue weighted by molar-refractivity contribution is 6.18. The van der Waals surface area contributed by atoms with Crippen molar-refractivity contribution in [1.82, 2.24) is 4.90 Å². The number of fused-ring (bicyclic) bond motifs is 2. The van der Waals surface area contributed by atoms with Crippen molar-refractivity contribution in [2.45, 2.75) is 12.8 Å². The summed E-state index contributed by atoms with van der Waals surface area (Å²) >= 11 is 0. The molecule has 8 nitrogen and oxygen atoms in total. The van der Waals surface area contributed by atoms with Crippen molar-refractivity contribution in [3.8, 4) is 11.5 Å². The molecule has 0 bridgehead atoms. The standard InChI is InChI=1S/C15H16N2O6/c1-2-21-15(20)12-8-5-10-11(23-7-22-10)6-9(8)13(18)17(4-3-16)14(12)19/h5-6,12H,2-4,7,16H2,1H3. The van der Waals surface area contributed by atoms with Gasteiger partial charge in [0.2, 0.25) is 12.7 Å². The number of carbonyl (C=O) groups is 3. The molecule has 23 heavy (non-hydrogen) atoms. The molecule has 2 aliphatic heterocycles. The highest BCUT2D eigenvalue weighted by atomic mass is 16.7. The van der Waals surface area contributed by atoms with E-state index < -0.39 is 23.7 Å². The average molecular weight is 320 g/mol. The molecule has 0 spiro atoms. The molecule has 8 heteroatoms. The number of hydrogen-bond acceptors (Lipinski definition) is 7. The molecule has 0 aromatic heterocycles. The third kappa shape index (κ3) is 2.40. The number of esters is 1. The molecule has 2 heterocycles. The highest BCUT2D eigenvalue weighted by Gasteiger charge is 2.44. The van der Waals surface area contributed by atoms with Gasteiger partial charge in [-0.05, 0) is 24.6 Å². The Hall–Kier alpha value is -2.61. The van der Waals surface area contributed by atoms with Gasteiger partial charge in [-0.25, -0.2) is 0 Å². The van der Waals surface area contributed by atoms with Crippen LogP contribution in [0.25, 0.3) is 0 Å². The van der Waals surface area contributed by atoms with Crippen molar-refractivity contribution in [3.05, 3.63) is 23.3 Å². The van der Waals surface area contributed by atoms with Crippen LogP contribution in [0.5, 0.6) is 11.5 Å². The maximum atomic E-state index is 12.6. The van der Waals surface area contributed by atoms with Crippen molar-refractivity contribution < 1.29 is 28.6 Å². The molecule has 3 rings (SSSR count). The van der Waals surface area contributed by atoms with Gasteiger partial charge < -0.3 is 19.9 Å². The zero-order valence-electron chi connectivity index (χ0n) is 12.5. The van der Waals surface area contributed by atoms with Gasteiger partial charge in [0.05, 0.1) is 6.61 Å². The molecule has 0 fully saturated rings. The Balaban J connectivity index is 2.12. The van der Waals surface area contributed by atoms with Crippen LogP contribution in [0.2, 0.25) is 0 Å². The summed E-state index contributed by atoms with van der Waals surface area (Å²) < 4.78 is 15.5. The first-order valence-corrected chi connectivity index (χ1v) is 7.24. The molecular formula is C15H16N2O6. The number of hydrogen-bond donors (Lipinski definition) is 1. The molecule has 0 saturated carbocycles. The zero-order chi connectivity index (χ0) is 16.6. The molecule has 2 aliphatic rings. The predicted octanol–water partition coefficient (Wildman–Crippen LogP) is 0.00310. The van der Waals surface area contributed by atoms with E-state index in [0.717, 1.165) is 4.90 Å². The van der Waals surface area contributed by atoms with Crippen LogP contribution < -0.4 is 15.2 Å².